The number of likely N-dealkylation sites (tertiary alicyclic amines) is 1. The van der Waals surface area contributed by atoms with Gasteiger partial charge in [0.1, 0.15) is 18.2 Å². The molecule has 0 atom stereocenters. The number of hydrogen-bond donors (Lipinski definition) is 2. The van der Waals surface area contributed by atoms with E-state index >= 15 is 0 Å². The topological polar surface area (TPSA) is 107 Å². The number of halogens is 2. The van der Waals surface area contributed by atoms with Crippen LogP contribution >= 0.6 is 11.6 Å². The molecule has 0 unspecified atom stereocenters. The van der Waals surface area contributed by atoms with Crippen LogP contribution in [0.2, 0.25) is 5.02 Å². The van der Waals surface area contributed by atoms with E-state index in [9.17, 15) is 9.18 Å². The molecule has 4 rings (SSSR count). The lowest BCUT2D eigenvalue weighted by molar-refractivity contribution is -0.123. The number of carbonyl (C=O) groups excluding carboxylic acids is 1. The first-order valence-electron chi connectivity index (χ1n) is 15.0. The van der Waals surface area contributed by atoms with E-state index in [4.69, 9.17) is 30.5 Å². The molecule has 1 amide bonds. The highest BCUT2D eigenvalue weighted by molar-refractivity contribution is 6.31. The van der Waals surface area contributed by atoms with E-state index in [-0.39, 0.29) is 28.1 Å². The van der Waals surface area contributed by atoms with Crippen LogP contribution in [0.15, 0.2) is 36.7 Å². The Bertz CT molecular complexity index is 1380. The number of anilines is 2. The Morgan fingerprint density at radius 3 is 2.55 bits per heavy atom. The van der Waals surface area contributed by atoms with Gasteiger partial charge in [0.25, 0.3) is 0 Å². The molecule has 0 radical (unpaired) electrons. The standard InChI is InChI=1S/C32H43ClFN5O5/c1-32(2,3)10-14-42-16-17-43-15-11-35-29(40)20-39-12-8-22(9-13-39)44-28-18-23-26(19-27(28)41-4)36-21-37-31(23)38-25-7-5-6-24(33)30(25)34/h5-7,18-19,21-22H,8-17,20H2,1-4H3,(H,35,40)(H,36,37,38). The Kier molecular flexibility index (Phi) is 12.4. The summed E-state index contributed by atoms with van der Waals surface area (Å²) in [6.07, 6.45) is 3.84. The molecule has 10 nitrogen and oxygen atoms in total. The Morgan fingerprint density at radius 2 is 1.82 bits per heavy atom. The Balaban J connectivity index is 1.22. The van der Waals surface area contributed by atoms with E-state index in [2.05, 4.69) is 46.3 Å². The van der Waals surface area contributed by atoms with Crippen molar-refractivity contribution in [2.24, 2.45) is 5.41 Å². The second-order valence-corrected chi connectivity index (χ2v) is 12.4. The fourth-order valence-corrected chi connectivity index (χ4v) is 4.90. The maximum atomic E-state index is 14.6. The fourth-order valence-electron chi connectivity index (χ4n) is 4.73. The lowest BCUT2D eigenvalue weighted by Crippen LogP contribution is -2.44. The molecule has 2 aromatic carbocycles. The molecule has 1 saturated heterocycles. The second kappa shape index (κ2) is 16.2. The number of ether oxygens (including phenoxy) is 4. The molecule has 1 aromatic heterocycles. The third-order valence-electron chi connectivity index (χ3n) is 7.26. The fraction of sp³-hybridized carbons (Fsp3) is 0.531. The Labute approximate surface area is 263 Å². The molecule has 1 aliphatic heterocycles. The number of amides is 1. The molecule has 12 heteroatoms. The van der Waals surface area contributed by atoms with Crippen LogP contribution in [0.5, 0.6) is 11.5 Å². The number of methoxy groups -OCH3 is 1. The van der Waals surface area contributed by atoms with Crippen molar-refractivity contribution in [3.63, 3.8) is 0 Å². The first-order chi connectivity index (χ1) is 21.1. The third kappa shape index (κ3) is 10.2. The smallest absolute Gasteiger partial charge is 0.234 e. The Morgan fingerprint density at radius 1 is 1.07 bits per heavy atom. The summed E-state index contributed by atoms with van der Waals surface area (Å²) in [6, 6.07) is 8.31. The van der Waals surface area contributed by atoms with Crippen LogP contribution in [-0.2, 0) is 14.3 Å². The van der Waals surface area contributed by atoms with Crippen LogP contribution in [0.1, 0.15) is 40.0 Å². The van der Waals surface area contributed by atoms with Gasteiger partial charge in [-0.2, -0.15) is 0 Å². The quantitative estimate of drug-likeness (QED) is 0.207. The van der Waals surface area contributed by atoms with Gasteiger partial charge in [-0.25, -0.2) is 14.4 Å². The van der Waals surface area contributed by atoms with E-state index in [0.29, 0.717) is 61.1 Å². The number of aromatic nitrogens is 2. The monoisotopic (exact) mass is 631 g/mol. The van der Waals surface area contributed by atoms with Crippen molar-refractivity contribution in [3.8, 4) is 11.5 Å². The summed E-state index contributed by atoms with van der Waals surface area (Å²) in [4.78, 5) is 23.2. The number of nitrogens with zero attached hydrogens (tertiary/aromatic N) is 3. The summed E-state index contributed by atoms with van der Waals surface area (Å²) < 4.78 is 37.7. The lowest BCUT2D eigenvalue weighted by atomic mass is 9.93. The minimum absolute atomic E-state index is 0.0142. The largest absolute Gasteiger partial charge is 0.493 e. The van der Waals surface area contributed by atoms with Crippen molar-refractivity contribution in [3.05, 3.63) is 47.5 Å². The highest BCUT2D eigenvalue weighted by atomic mass is 35.5. The van der Waals surface area contributed by atoms with Crippen LogP contribution in [0.25, 0.3) is 10.9 Å². The highest BCUT2D eigenvalue weighted by Crippen LogP contribution is 2.36. The van der Waals surface area contributed by atoms with Gasteiger partial charge in [0.15, 0.2) is 17.3 Å². The van der Waals surface area contributed by atoms with Gasteiger partial charge in [-0.05, 0) is 42.9 Å². The summed E-state index contributed by atoms with van der Waals surface area (Å²) in [7, 11) is 1.57. The number of fused-ring (bicyclic) bond motifs is 1. The molecular weight excluding hydrogens is 589 g/mol. The van der Waals surface area contributed by atoms with E-state index in [0.717, 1.165) is 39.0 Å². The van der Waals surface area contributed by atoms with E-state index in [1.54, 1.807) is 31.4 Å². The van der Waals surface area contributed by atoms with Crippen molar-refractivity contribution >= 4 is 39.9 Å². The van der Waals surface area contributed by atoms with Crippen LogP contribution < -0.4 is 20.1 Å². The zero-order chi connectivity index (χ0) is 31.5. The molecule has 240 valence electrons. The first-order valence-corrected chi connectivity index (χ1v) is 15.4. The molecule has 0 saturated carbocycles. The van der Waals surface area contributed by atoms with Crippen molar-refractivity contribution in [2.75, 3.05) is 65.0 Å². The van der Waals surface area contributed by atoms with Crippen molar-refractivity contribution < 1.29 is 28.1 Å². The molecule has 1 aliphatic rings. The minimum atomic E-state index is -0.563. The third-order valence-corrected chi connectivity index (χ3v) is 7.55. The summed E-state index contributed by atoms with van der Waals surface area (Å²) in [5.41, 5.74) is 1.08. The summed E-state index contributed by atoms with van der Waals surface area (Å²) in [5.74, 6) is 0.908. The van der Waals surface area contributed by atoms with Crippen LogP contribution in [0.3, 0.4) is 0 Å². The number of nitrogens with one attached hydrogen (secondary N) is 2. The van der Waals surface area contributed by atoms with Gasteiger partial charge in [-0.15, -0.1) is 0 Å². The highest BCUT2D eigenvalue weighted by Gasteiger charge is 2.24. The van der Waals surface area contributed by atoms with Crippen LogP contribution in [-0.4, -0.2) is 86.6 Å². The van der Waals surface area contributed by atoms with Gasteiger partial charge >= 0.3 is 0 Å². The van der Waals surface area contributed by atoms with Gasteiger partial charge in [-0.1, -0.05) is 38.4 Å². The maximum Gasteiger partial charge on any atom is 0.234 e. The molecule has 2 N–H and O–H groups in total. The molecule has 0 aliphatic carbocycles. The predicted molar refractivity (Wildman–Crippen MR) is 170 cm³/mol. The molecule has 0 spiro atoms. The average molecular weight is 632 g/mol. The van der Waals surface area contributed by atoms with E-state index in [1.807, 2.05) is 0 Å². The molecule has 2 heterocycles. The number of benzene rings is 2. The molecular formula is C32H43ClFN5O5. The van der Waals surface area contributed by atoms with Crippen molar-refractivity contribution in [1.82, 2.24) is 20.2 Å². The van der Waals surface area contributed by atoms with Gasteiger partial charge in [0, 0.05) is 37.7 Å². The number of rotatable bonds is 15. The van der Waals surface area contributed by atoms with Crippen molar-refractivity contribution in [1.29, 1.82) is 0 Å². The second-order valence-electron chi connectivity index (χ2n) is 11.9. The van der Waals surface area contributed by atoms with Gasteiger partial charge in [0.05, 0.1) is 49.7 Å². The molecule has 44 heavy (non-hydrogen) atoms. The maximum absolute atomic E-state index is 14.6. The number of piperidine rings is 1. The number of carbonyl (C=O) groups is 1. The average Bonchev–Trinajstić information content (AvgIpc) is 2.99. The summed E-state index contributed by atoms with van der Waals surface area (Å²) in [6.45, 7) is 11.1. The lowest BCUT2D eigenvalue weighted by Gasteiger charge is -2.32. The van der Waals surface area contributed by atoms with Gasteiger partial charge in [-0.3, -0.25) is 9.69 Å². The van der Waals surface area contributed by atoms with Gasteiger partial charge < -0.3 is 29.6 Å². The summed E-state index contributed by atoms with van der Waals surface area (Å²) in [5, 5.41) is 6.60. The zero-order valence-corrected chi connectivity index (χ0v) is 26.7. The Hall–Kier alpha value is -3.25. The predicted octanol–water partition coefficient (Wildman–Crippen LogP) is 5.60. The SMILES string of the molecule is COc1cc2ncnc(Nc3cccc(Cl)c3F)c2cc1OC1CCN(CC(=O)NCCOCCOCCC(C)(C)C)CC1. The zero-order valence-electron chi connectivity index (χ0n) is 26.0. The normalized spacial score (nSPS) is 14.5. The van der Waals surface area contributed by atoms with Crippen molar-refractivity contribution in [2.45, 2.75) is 46.1 Å². The van der Waals surface area contributed by atoms with E-state index < -0.39 is 5.82 Å². The molecule has 1 fully saturated rings. The molecule has 3 aromatic rings. The van der Waals surface area contributed by atoms with Gasteiger partial charge in [0.2, 0.25) is 5.91 Å². The molecule has 0 bridgehead atoms. The van der Waals surface area contributed by atoms with Crippen LogP contribution in [0, 0.1) is 11.2 Å². The first kappa shape index (κ1) is 33.6. The van der Waals surface area contributed by atoms with Crippen LogP contribution in [0.4, 0.5) is 15.9 Å². The minimum Gasteiger partial charge on any atom is -0.493 e. The summed E-state index contributed by atoms with van der Waals surface area (Å²) >= 11 is 5.95. The van der Waals surface area contributed by atoms with E-state index in [1.165, 1.54) is 12.4 Å². The number of hydrogen-bond acceptors (Lipinski definition) is 9.